The molecule has 1 aromatic heterocycles. The minimum atomic E-state index is -0.604. The van der Waals surface area contributed by atoms with E-state index in [2.05, 4.69) is 10.3 Å². The van der Waals surface area contributed by atoms with E-state index < -0.39 is 6.10 Å². The summed E-state index contributed by atoms with van der Waals surface area (Å²) in [5.74, 6) is 0.512. The Morgan fingerprint density at radius 1 is 1.42 bits per heavy atom. The second-order valence-electron chi connectivity index (χ2n) is 6.78. The van der Waals surface area contributed by atoms with E-state index in [-0.39, 0.29) is 17.8 Å². The van der Waals surface area contributed by atoms with Gasteiger partial charge in [-0.3, -0.25) is 0 Å². The molecule has 1 atom stereocenters. The number of carbonyl (C=O) groups is 1. The number of urea groups is 1. The number of halogens is 1. The molecule has 26 heavy (non-hydrogen) atoms. The number of nitrogens with zero attached hydrogens (tertiary/aromatic N) is 3. The monoisotopic (exact) mass is 360 g/mol. The first-order valence-corrected chi connectivity index (χ1v) is 8.97. The third-order valence-electron chi connectivity index (χ3n) is 4.98. The highest BCUT2D eigenvalue weighted by molar-refractivity contribution is 5.74. The van der Waals surface area contributed by atoms with Gasteiger partial charge in [-0.05, 0) is 42.9 Å². The topological polar surface area (TPSA) is 70.4 Å². The molecule has 0 unspecified atom stereocenters. The molecule has 0 spiro atoms. The van der Waals surface area contributed by atoms with E-state index in [4.69, 9.17) is 0 Å². The molecule has 7 heteroatoms. The van der Waals surface area contributed by atoms with Crippen LogP contribution in [0.15, 0.2) is 36.7 Å². The molecule has 2 amide bonds. The zero-order valence-corrected chi connectivity index (χ0v) is 14.9. The van der Waals surface area contributed by atoms with Crippen molar-refractivity contribution in [3.8, 4) is 0 Å². The van der Waals surface area contributed by atoms with Gasteiger partial charge in [-0.15, -0.1) is 0 Å². The van der Waals surface area contributed by atoms with Crippen molar-refractivity contribution in [1.29, 1.82) is 0 Å². The molecule has 1 aliphatic heterocycles. The summed E-state index contributed by atoms with van der Waals surface area (Å²) >= 11 is 0. The summed E-state index contributed by atoms with van der Waals surface area (Å²) in [4.78, 5) is 18.3. The zero-order valence-electron chi connectivity index (χ0n) is 14.9. The van der Waals surface area contributed by atoms with Crippen molar-refractivity contribution < 1.29 is 14.3 Å². The van der Waals surface area contributed by atoms with Gasteiger partial charge in [-0.1, -0.05) is 12.1 Å². The maximum absolute atomic E-state index is 13.2. The lowest BCUT2D eigenvalue weighted by Crippen LogP contribution is -2.45. The van der Waals surface area contributed by atoms with Crippen molar-refractivity contribution in [2.24, 2.45) is 13.0 Å². The molecule has 1 fully saturated rings. The molecule has 0 bridgehead atoms. The zero-order chi connectivity index (χ0) is 18.5. The molecule has 1 saturated heterocycles. The quantitative estimate of drug-likeness (QED) is 0.859. The number of piperidine rings is 1. The fourth-order valence-corrected chi connectivity index (χ4v) is 3.41. The lowest BCUT2D eigenvalue weighted by atomic mass is 9.91. The number of amides is 2. The van der Waals surface area contributed by atoms with Gasteiger partial charge in [-0.2, -0.15) is 0 Å². The van der Waals surface area contributed by atoms with Gasteiger partial charge in [0.1, 0.15) is 17.7 Å². The summed E-state index contributed by atoms with van der Waals surface area (Å²) in [6.07, 6.45) is 4.97. The molecule has 2 heterocycles. The number of aryl methyl sites for hydroxylation is 1. The molecule has 2 aromatic rings. The molecular weight excluding hydrogens is 335 g/mol. The number of hydrogen-bond donors (Lipinski definition) is 2. The van der Waals surface area contributed by atoms with E-state index in [0.29, 0.717) is 31.9 Å². The molecule has 1 aromatic carbocycles. The van der Waals surface area contributed by atoms with Crippen LogP contribution in [0.2, 0.25) is 0 Å². The number of carbonyl (C=O) groups excluding carboxylic acids is 1. The second-order valence-corrected chi connectivity index (χ2v) is 6.78. The first-order chi connectivity index (χ1) is 12.5. The van der Waals surface area contributed by atoms with Crippen LogP contribution >= 0.6 is 0 Å². The van der Waals surface area contributed by atoms with Crippen LogP contribution in [0.3, 0.4) is 0 Å². The number of hydrogen-bond acceptors (Lipinski definition) is 3. The van der Waals surface area contributed by atoms with E-state index in [1.807, 2.05) is 23.9 Å². The van der Waals surface area contributed by atoms with Crippen molar-refractivity contribution in [3.05, 3.63) is 53.9 Å². The van der Waals surface area contributed by atoms with Gasteiger partial charge in [0.2, 0.25) is 0 Å². The largest absolute Gasteiger partial charge is 0.385 e. The minimum absolute atomic E-state index is 0.104. The van der Waals surface area contributed by atoms with E-state index >= 15 is 0 Å². The van der Waals surface area contributed by atoms with E-state index in [1.54, 1.807) is 17.2 Å². The van der Waals surface area contributed by atoms with Gasteiger partial charge in [0.05, 0.1) is 0 Å². The molecule has 6 nitrogen and oxygen atoms in total. The summed E-state index contributed by atoms with van der Waals surface area (Å²) in [5.41, 5.74) is 0.863. The Morgan fingerprint density at radius 3 is 2.85 bits per heavy atom. The fourth-order valence-electron chi connectivity index (χ4n) is 3.41. The fraction of sp³-hybridized carbons (Fsp3) is 0.474. The molecule has 2 N–H and O–H groups in total. The summed E-state index contributed by atoms with van der Waals surface area (Å²) in [6.45, 7) is 1.69. The first-order valence-electron chi connectivity index (χ1n) is 8.97. The predicted molar refractivity (Wildman–Crippen MR) is 96.0 cm³/mol. The number of benzene rings is 1. The third kappa shape index (κ3) is 4.40. The van der Waals surface area contributed by atoms with E-state index in [0.717, 1.165) is 18.4 Å². The van der Waals surface area contributed by atoms with Gasteiger partial charge in [0.15, 0.2) is 0 Å². The normalized spacial score (nSPS) is 16.5. The lowest BCUT2D eigenvalue weighted by Gasteiger charge is -2.34. The molecule has 0 saturated carbocycles. The molecule has 3 rings (SSSR count). The van der Waals surface area contributed by atoms with Crippen molar-refractivity contribution in [3.63, 3.8) is 0 Å². The van der Waals surface area contributed by atoms with Crippen molar-refractivity contribution >= 4 is 6.03 Å². The molecule has 0 aliphatic carbocycles. The van der Waals surface area contributed by atoms with Gasteiger partial charge >= 0.3 is 6.03 Å². The van der Waals surface area contributed by atoms with Gasteiger partial charge in [-0.25, -0.2) is 14.2 Å². The number of rotatable bonds is 5. The van der Waals surface area contributed by atoms with Crippen LogP contribution in [-0.2, 0) is 13.5 Å². The average molecular weight is 360 g/mol. The van der Waals surface area contributed by atoms with Crippen LogP contribution in [0, 0.1) is 11.7 Å². The maximum atomic E-state index is 13.2. The van der Waals surface area contributed by atoms with Crippen LogP contribution in [-0.4, -0.2) is 45.2 Å². The Labute approximate surface area is 152 Å². The van der Waals surface area contributed by atoms with E-state index in [1.165, 1.54) is 12.1 Å². The van der Waals surface area contributed by atoms with Crippen LogP contribution in [0.25, 0.3) is 0 Å². The van der Waals surface area contributed by atoms with Gasteiger partial charge < -0.3 is 19.9 Å². The Morgan fingerprint density at radius 2 is 2.19 bits per heavy atom. The Kier molecular flexibility index (Phi) is 5.88. The summed E-state index contributed by atoms with van der Waals surface area (Å²) < 4.78 is 15.0. The molecule has 0 radical (unpaired) electrons. The number of nitrogens with one attached hydrogen (secondary N) is 1. The molecule has 1 aliphatic rings. The first kappa shape index (κ1) is 18.4. The maximum Gasteiger partial charge on any atom is 0.317 e. The van der Waals surface area contributed by atoms with Crippen LogP contribution in [0.4, 0.5) is 9.18 Å². The Balaban J connectivity index is 1.43. The van der Waals surface area contributed by atoms with Crippen LogP contribution in [0.5, 0.6) is 0 Å². The highest BCUT2D eigenvalue weighted by atomic mass is 19.1. The van der Waals surface area contributed by atoms with Crippen LogP contribution in [0.1, 0.15) is 30.3 Å². The summed E-state index contributed by atoms with van der Waals surface area (Å²) in [5, 5.41) is 13.4. The van der Waals surface area contributed by atoms with Crippen molar-refractivity contribution in [2.45, 2.75) is 25.4 Å². The number of likely N-dealkylation sites (tertiary alicyclic amines) is 1. The highest BCUT2D eigenvalue weighted by Crippen LogP contribution is 2.29. The smallest absolute Gasteiger partial charge is 0.317 e. The van der Waals surface area contributed by atoms with Crippen molar-refractivity contribution in [1.82, 2.24) is 19.8 Å². The predicted octanol–water partition coefficient (Wildman–Crippen LogP) is 2.26. The number of aliphatic hydroxyl groups excluding tert-OH is 1. The SMILES string of the molecule is Cn1ccnc1[C@H](O)C1CCN(C(=O)NCCc2cccc(F)c2)CC1. The molecular formula is C19H25FN4O2. The summed E-state index contributed by atoms with van der Waals surface area (Å²) in [7, 11) is 1.87. The second kappa shape index (κ2) is 8.31. The number of imidazole rings is 1. The average Bonchev–Trinajstić information content (AvgIpc) is 3.07. The highest BCUT2D eigenvalue weighted by Gasteiger charge is 2.29. The lowest BCUT2D eigenvalue weighted by molar-refractivity contribution is 0.0584. The summed E-state index contributed by atoms with van der Waals surface area (Å²) in [6, 6.07) is 6.30. The van der Waals surface area contributed by atoms with Crippen molar-refractivity contribution in [2.75, 3.05) is 19.6 Å². The number of aliphatic hydroxyl groups is 1. The Hall–Kier alpha value is -2.41. The van der Waals surface area contributed by atoms with Gasteiger partial charge in [0.25, 0.3) is 0 Å². The standard InChI is InChI=1S/C19H25FN4O2/c1-23-12-9-21-18(23)17(25)15-6-10-24(11-7-15)19(26)22-8-5-14-3-2-4-16(20)13-14/h2-4,9,12-13,15,17,25H,5-8,10-11H2,1H3,(H,22,26)/t17-/m1/s1. The van der Waals surface area contributed by atoms with Gasteiger partial charge in [0, 0.05) is 39.1 Å². The van der Waals surface area contributed by atoms with E-state index in [9.17, 15) is 14.3 Å². The Bertz CT molecular complexity index is 741. The molecule has 140 valence electrons. The number of aromatic nitrogens is 2. The minimum Gasteiger partial charge on any atom is -0.385 e. The van der Waals surface area contributed by atoms with Crippen LogP contribution < -0.4 is 5.32 Å². The third-order valence-corrected chi connectivity index (χ3v) is 4.98.